The van der Waals surface area contributed by atoms with Crippen LogP contribution in [0.2, 0.25) is 0 Å². The number of hydrogen-bond acceptors (Lipinski definition) is 5. The van der Waals surface area contributed by atoms with Gasteiger partial charge in [0.05, 0.1) is 6.20 Å². The first-order valence-corrected chi connectivity index (χ1v) is 10.8. The molecule has 0 radical (unpaired) electrons. The average Bonchev–Trinajstić information content (AvgIpc) is 3.20. The zero-order valence-corrected chi connectivity index (χ0v) is 18.0. The van der Waals surface area contributed by atoms with Gasteiger partial charge in [0.15, 0.2) is 5.82 Å². The number of rotatable bonds is 5. The highest BCUT2D eigenvalue weighted by Gasteiger charge is 2.22. The van der Waals surface area contributed by atoms with E-state index in [0.29, 0.717) is 0 Å². The van der Waals surface area contributed by atoms with E-state index in [9.17, 15) is 4.39 Å². The third-order valence-corrected chi connectivity index (χ3v) is 5.99. The molecule has 0 spiro atoms. The molecule has 4 heterocycles. The van der Waals surface area contributed by atoms with Gasteiger partial charge in [0.25, 0.3) is 0 Å². The maximum absolute atomic E-state index is 13.4. The van der Waals surface area contributed by atoms with E-state index in [1.165, 1.54) is 17.7 Å². The van der Waals surface area contributed by atoms with E-state index in [0.717, 1.165) is 61.2 Å². The Labute approximate surface area is 187 Å². The Morgan fingerprint density at radius 3 is 2.41 bits per heavy atom. The van der Waals surface area contributed by atoms with Gasteiger partial charge in [-0.25, -0.2) is 19.0 Å². The van der Waals surface area contributed by atoms with Crippen LogP contribution in [-0.4, -0.2) is 50.8 Å². The fraction of sp³-hybridized carbons (Fsp3) is 0.240. The zero-order chi connectivity index (χ0) is 21.9. The Bertz CT molecular complexity index is 1180. The molecule has 0 saturated carbocycles. The number of benzene rings is 1. The fourth-order valence-corrected chi connectivity index (χ4v) is 4.17. The van der Waals surface area contributed by atoms with Crippen LogP contribution in [0.25, 0.3) is 16.9 Å². The summed E-state index contributed by atoms with van der Waals surface area (Å²) in [5, 5.41) is 4.55. The molecule has 162 valence electrons. The quantitative estimate of drug-likeness (QED) is 0.479. The summed E-state index contributed by atoms with van der Waals surface area (Å²) in [6.07, 6.45) is 5.55. The summed E-state index contributed by atoms with van der Waals surface area (Å²) < 4.78 is 15.3. The summed E-state index contributed by atoms with van der Waals surface area (Å²) in [6.45, 7) is 6.61. The molecule has 3 aromatic heterocycles. The molecule has 7 heteroatoms. The molecule has 0 N–H and O–H groups in total. The summed E-state index contributed by atoms with van der Waals surface area (Å²) >= 11 is 0. The summed E-state index contributed by atoms with van der Waals surface area (Å²) in [4.78, 5) is 13.8. The van der Waals surface area contributed by atoms with E-state index >= 15 is 0 Å². The Hall–Kier alpha value is -3.58. The molecule has 1 fully saturated rings. The molecule has 1 aliphatic rings. The minimum atomic E-state index is -0.227. The monoisotopic (exact) mass is 428 g/mol. The number of pyridine rings is 2. The van der Waals surface area contributed by atoms with Gasteiger partial charge in [0, 0.05) is 61.9 Å². The number of hydrogen-bond donors (Lipinski definition) is 0. The van der Waals surface area contributed by atoms with Gasteiger partial charge in [-0.15, -0.1) is 0 Å². The van der Waals surface area contributed by atoms with E-state index < -0.39 is 0 Å². The van der Waals surface area contributed by atoms with Crippen molar-refractivity contribution in [2.24, 2.45) is 0 Å². The van der Waals surface area contributed by atoms with E-state index in [2.05, 4.69) is 37.9 Å². The largest absolute Gasteiger partial charge is 0.354 e. The zero-order valence-electron chi connectivity index (χ0n) is 18.0. The van der Waals surface area contributed by atoms with Crippen molar-refractivity contribution in [1.82, 2.24) is 24.6 Å². The molecule has 32 heavy (non-hydrogen) atoms. The van der Waals surface area contributed by atoms with Gasteiger partial charge < -0.3 is 4.90 Å². The highest BCUT2D eigenvalue weighted by Crippen LogP contribution is 2.29. The van der Waals surface area contributed by atoms with Crippen molar-refractivity contribution in [1.29, 1.82) is 0 Å². The van der Waals surface area contributed by atoms with Crippen LogP contribution in [0.5, 0.6) is 0 Å². The first-order valence-electron chi connectivity index (χ1n) is 10.8. The first-order chi connectivity index (χ1) is 15.7. The van der Waals surface area contributed by atoms with Crippen molar-refractivity contribution in [2.45, 2.75) is 13.5 Å². The van der Waals surface area contributed by atoms with Crippen LogP contribution < -0.4 is 4.90 Å². The Kier molecular flexibility index (Phi) is 5.64. The SMILES string of the molecule is Cc1c(CN2CCN(c3ncccc3-c3ccc(F)cc3)CC2)cnn1-c1ccccn1. The molecule has 0 amide bonds. The molecule has 6 nitrogen and oxygen atoms in total. The summed E-state index contributed by atoms with van der Waals surface area (Å²) in [5.74, 6) is 1.57. The van der Waals surface area contributed by atoms with Crippen LogP contribution in [0.15, 0.2) is 73.2 Å². The Morgan fingerprint density at radius 1 is 0.875 bits per heavy atom. The normalized spacial score (nSPS) is 14.6. The van der Waals surface area contributed by atoms with E-state index in [1.807, 2.05) is 53.5 Å². The van der Waals surface area contributed by atoms with Crippen molar-refractivity contribution in [3.8, 4) is 16.9 Å². The third-order valence-electron chi connectivity index (χ3n) is 5.99. The predicted octanol–water partition coefficient (Wildman–Crippen LogP) is 4.10. The molecule has 1 aliphatic heterocycles. The second kappa shape index (κ2) is 8.88. The van der Waals surface area contributed by atoms with E-state index in [-0.39, 0.29) is 5.82 Å². The number of nitrogens with zero attached hydrogens (tertiary/aromatic N) is 6. The predicted molar refractivity (Wildman–Crippen MR) is 123 cm³/mol. The molecular formula is C25H25FN6. The summed E-state index contributed by atoms with van der Waals surface area (Å²) in [6, 6.07) is 16.5. The summed E-state index contributed by atoms with van der Waals surface area (Å²) in [5.41, 5.74) is 4.35. The number of halogens is 1. The van der Waals surface area contributed by atoms with Crippen molar-refractivity contribution in [2.75, 3.05) is 31.1 Å². The molecule has 0 unspecified atom stereocenters. The second-order valence-electron chi connectivity index (χ2n) is 8.00. The van der Waals surface area contributed by atoms with Gasteiger partial charge in [-0.1, -0.05) is 18.2 Å². The summed E-state index contributed by atoms with van der Waals surface area (Å²) in [7, 11) is 0. The van der Waals surface area contributed by atoms with Gasteiger partial charge >= 0.3 is 0 Å². The van der Waals surface area contributed by atoms with Crippen LogP contribution in [0.1, 0.15) is 11.3 Å². The van der Waals surface area contributed by atoms with Crippen molar-refractivity contribution >= 4 is 5.82 Å². The van der Waals surface area contributed by atoms with Crippen LogP contribution in [0.4, 0.5) is 10.2 Å². The lowest BCUT2D eigenvalue weighted by Crippen LogP contribution is -2.46. The van der Waals surface area contributed by atoms with Crippen LogP contribution in [0, 0.1) is 12.7 Å². The number of anilines is 1. The Balaban J connectivity index is 1.27. The molecule has 0 bridgehead atoms. The van der Waals surface area contributed by atoms with Crippen molar-refractivity contribution in [3.05, 3.63) is 90.3 Å². The van der Waals surface area contributed by atoms with Gasteiger partial charge in [0.2, 0.25) is 0 Å². The third kappa shape index (κ3) is 4.11. The average molecular weight is 429 g/mol. The minimum Gasteiger partial charge on any atom is -0.354 e. The number of piperazine rings is 1. The highest BCUT2D eigenvalue weighted by atomic mass is 19.1. The molecular weight excluding hydrogens is 403 g/mol. The lowest BCUT2D eigenvalue weighted by Gasteiger charge is -2.36. The topological polar surface area (TPSA) is 50.1 Å². The molecule has 5 rings (SSSR count). The molecule has 0 aliphatic carbocycles. The first kappa shape index (κ1) is 20.3. The minimum absolute atomic E-state index is 0.227. The van der Waals surface area contributed by atoms with Crippen LogP contribution in [0.3, 0.4) is 0 Å². The molecule has 1 saturated heterocycles. The van der Waals surface area contributed by atoms with Gasteiger partial charge in [0.1, 0.15) is 11.6 Å². The van der Waals surface area contributed by atoms with E-state index in [1.54, 1.807) is 6.20 Å². The maximum atomic E-state index is 13.4. The number of aromatic nitrogens is 4. The molecule has 0 atom stereocenters. The van der Waals surface area contributed by atoms with Gasteiger partial charge in [-0.3, -0.25) is 4.90 Å². The smallest absolute Gasteiger partial charge is 0.153 e. The van der Waals surface area contributed by atoms with Gasteiger partial charge in [-0.2, -0.15) is 5.10 Å². The molecule has 4 aromatic rings. The maximum Gasteiger partial charge on any atom is 0.153 e. The van der Waals surface area contributed by atoms with Crippen LogP contribution in [-0.2, 0) is 6.54 Å². The van der Waals surface area contributed by atoms with E-state index in [4.69, 9.17) is 0 Å². The fourth-order valence-electron chi connectivity index (χ4n) is 4.17. The lowest BCUT2D eigenvalue weighted by molar-refractivity contribution is 0.249. The molecule has 1 aromatic carbocycles. The van der Waals surface area contributed by atoms with Crippen molar-refractivity contribution in [3.63, 3.8) is 0 Å². The lowest BCUT2D eigenvalue weighted by atomic mass is 10.1. The highest BCUT2D eigenvalue weighted by molar-refractivity contribution is 5.75. The Morgan fingerprint density at radius 2 is 1.66 bits per heavy atom. The standard InChI is InChI=1S/C25H25FN6/c1-19-21(17-29-32(19)24-6-2-3-11-27-24)18-30-13-15-31(16-14-30)25-23(5-4-12-28-25)20-7-9-22(26)10-8-20/h2-12,17H,13-16,18H2,1H3. The van der Waals surface area contributed by atoms with Gasteiger partial charge in [-0.05, 0) is 48.9 Å². The van der Waals surface area contributed by atoms with Crippen molar-refractivity contribution < 1.29 is 4.39 Å². The van der Waals surface area contributed by atoms with Crippen LogP contribution >= 0.6 is 0 Å². The second-order valence-corrected chi connectivity index (χ2v) is 8.00.